The number of carbonyl (C=O) groups excluding carboxylic acids is 1. The maximum Gasteiger partial charge on any atom is 0.289 e. The van der Waals surface area contributed by atoms with Gasteiger partial charge in [-0.15, -0.1) is 0 Å². The number of amides is 1. The van der Waals surface area contributed by atoms with Crippen molar-refractivity contribution in [1.82, 2.24) is 5.32 Å². The average Bonchev–Trinajstić information content (AvgIpc) is 2.80. The summed E-state index contributed by atoms with van der Waals surface area (Å²) in [6.45, 7) is 0.587. The van der Waals surface area contributed by atoms with Crippen LogP contribution in [0.25, 0.3) is 0 Å². The quantitative estimate of drug-likeness (QED) is 0.353. The standard InChI is InChI=1S/C25H25N3O5S/c29-24(26-18-25(15-6-16-25)20-7-2-1-3-8-20)17-19-11-13-21(14-12-19)27-34(32,33)23-10-5-4-9-22(23)28(30)31/h1-5,7-14,27H,6,15-18H2,(H,26,29). The van der Waals surface area contributed by atoms with Crippen molar-refractivity contribution in [3.05, 3.63) is 100 Å². The topological polar surface area (TPSA) is 118 Å². The van der Waals surface area contributed by atoms with Gasteiger partial charge in [-0.25, -0.2) is 8.42 Å². The molecule has 1 aliphatic carbocycles. The van der Waals surface area contributed by atoms with Crippen LogP contribution in [0.5, 0.6) is 0 Å². The van der Waals surface area contributed by atoms with Crippen molar-refractivity contribution in [3.8, 4) is 0 Å². The van der Waals surface area contributed by atoms with Crippen LogP contribution in [0.1, 0.15) is 30.4 Å². The minimum Gasteiger partial charge on any atom is -0.355 e. The molecule has 1 aliphatic rings. The molecule has 3 aromatic rings. The summed E-state index contributed by atoms with van der Waals surface area (Å²) >= 11 is 0. The first-order valence-electron chi connectivity index (χ1n) is 11.0. The van der Waals surface area contributed by atoms with E-state index in [0.29, 0.717) is 6.54 Å². The van der Waals surface area contributed by atoms with Crippen LogP contribution in [0, 0.1) is 10.1 Å². The number of sulfonamides is 1. The summed E-state index contributed by atoms with van der Waals surface area (Å²) in [6, 6.07) is 21.8. The Morgan fingerprint density at radius 2 is 1.59 bits per heavy atom. The van der Waals surface area contributed by atoms with Gasteiger partial charge in [0.25, 0.3) is 15.7 Å². The third-order valence-corrected chi connectivity index (χ3v) is 7.67. The number of para-hydroxylation sites is 1. The van der Waals surface area contributed by atoms with Crippen molar-refractivity contribution in [2.24, 2.45) is 0 Å². The Labute approximate surface area is 198 Å². The van der Waals surface area contributed by atoms with Crippen LogP contribution in [0.3, 0.4) is 0 Å². The lowest BCUT2D eigenvalue weighted by molar-refractivity contribution is -0.387. The van der Waals surface area contributed by atoms with Gasteiger partial charge in [0.2, 0.25) is 5.91 Å². The fourth-order valence-electron chi connectivity index (χ4n) is 4.21. The SMILES string of the molecule is O=C(Cc1ccc(NS(=O)(=O)c2ccccc2[N+](=O)[O-])cc1)NCC1(c2ccccc2)CCC1. The second-order valence-electron chi connectivity index (χ2n) is 8.48. The molecule has 2 N–H and O–H groups in total. The molecular weight excluding hydrogens is 454 g/mol. The average molecular weight is 480 g/mol. The first kappa shape index (κ1) is 23.4. The highest BCUT2D eigenvalue weighted by Crippen LogP contribution is 2.43. The highest BCUT2D eigenvalue weighted by molar-refractivity contribution is 7.92. The van der Waals surface area contributed by atoms with E-state index in [9.17, 15) is 23.3 Å². The van der Waals surface area contributed by atoms with Crippen molar-refractivity contribution in [1.29, 1.82) is 0 Å². The van der Waals surface area contributed by atoms with Crippen molar-refractivity contribution in [2.45, 2.75) is 36.0 Å². The zero-order chi connectivity index (χ0) is 24.2. The lowest BCUT2D eigenvalue weighted by Crippen LogP contribution is -2.45. The molecule has 0 bridgehead atoms. The van der Waals surface area contributed by atoms with E-state index in [1.165, 1.54) is 35.9 Å². The van der Waals surface area contributed by atoms with Gasteiger partial charge in [0.15, 0.2) is 4.90 Å². The Bertz CT molecular complexity index is 1290. The van der Waals surface area contributed by atoms with Gasteiger partial charge in [-0.05, 0) is 42.2 Å². The van der Waals surface area contributed by atoms with Crippen LogP contribution < -0.4 is 10.0 Å². The second kappa shape index (κ2) is 9.64. The van der Waals surface area contributed by atoms with Crippen LogP contribution in [-0.4, -0.2) is 25.8 Å². The second-order valence-corrected chi connectivity index (χ2v) is 10.1. The predicted octanol–water partition coefficient (Wildman–Crippen LogP) is 4.18. The fraction of sp³-hybridized carbons (Fsp3) is 0.240. The third-order valence-electron chi connectivity index (χ3n) is 6.24. The number of carbonyl (C=O) groups is 1. The minimum absolute atomic E-state index is 0.000887. The number of nitro benzene ring substituents is 1. The van der Waals surface area contributed by atoms with E-state index >= 15 is 0 Å². The van der Waals surface area contributed by atoms with E-state index in [-0.39, 0.29) is 23.4 Å². The molecule has 0 atom stereocenters. The Balaban J connectivity index is 1.37. The van der Waals surface area contributed by atoms with Crippen LogP contribution in [0.2, 0.25) is 0 Å². The smallest absolute Gasteiger partial charge is 0.289 e. The molecule has 0 unspecified atom stereocenters. The molecule has 1 saturated carbocycles. The molecule has 0 radical (unpaired) electrons. The maximum absolute atomic E-state index is 12.6. The van der Waals surface area contributed by atoms with Gasteiger partial charge in [0.05, 0.1) is 11.3 Å². The number of hydrogen-bond acceptors (Lipinski definition) is 5. The molecule has 0 saturated heterocycles. The van der Waals surface area contributed by atoms with E-state index in [4.69, 9.17) is 0 Å². The summed E-state index contributed by atoms with van der Waals surface area (Å²) in [5.74, 6) is -0.101. The Morgan fingerprint density at radius 3 is 2.21 bits per heavy atom. The molecule has 0 aliphatic heterocycles. The predicted molar refractivity (Wildman–Crippen MR) is 129 cm³/mol. The molecule has 34 heavy (non-hydrogen) atoms. The number of nitrogens with one attached hydrogen (secondary N) is 2. The van der Waals surface area contributed by atoms with Crippen LogP contribution in [-0.2, 0) is 26.7 Å². The Kier molecular flexibility index (Phi) is 6.65. The normalized spacial score (nSPS) is 14.6. The van der Waals surface area contributed by atoms with Crippen molar-refractivity contribution < 1.29 is 18.1 Å². The highest BCUT2D eigenvalue weighted by Gasteiger charge is 2.38. The molecule has 3 aromatic carbocycles. The summed E-state index contributed by atoms with van der Waals surface area (Å²) in [7, 11) is -4.14. The number of nitro groups is 1. The molecule has 176 valence electrons. The van der Waals surface area contributed by atoms with Gasteiger partial charge >= 0.3 is 0 Å². The third kappa shape index (κ3) is 5.09. The monoisotopic (exact) mass is 479 g/mol. The number of benzene rings is 3. The van der Waals surface area contributed by atoms with E-state index in [1.807, 2.05) is 18.2 Å². The molecule has 8 nitrogen and oxygen atoms in total. The molecule has 1 fully saturated rings. The van der Waals surface area contributed by atoms with Crippen LogP contribution in [0.15, 0.2) is 83.8 Å². The van der Waals surface area contributed by atoms with E-state index in [1.54, 1.807) is 12.1 Å². The summed E-state index contributed by atoms with van der Waals surface area (Å²) in [6.07, 6.45) is 3.41. The van der Waals surface area contributed by atoms with E-state index < -0.39 is 25.5 Å². The summed E-state index contributed by atoms with van der Waals surface area (Å²) < 4.78 is 27.6. The lowest BCUT2D eigenvalue weighted by atomic mass is 9.64. The van der Waals surface area contributed by atoms with Crippen LogP contribution in [0.4, 0.5) is 11.4 Å². The van der Waals surface area contributed by atoms with Crippen molar-refractivity contribution in [3.63, 3.8) is 0 Å². The van der Waals surface area contributed by atoms with E-state index in [2.05, 4.69) is 22.2 Å². The first-order valence-corrected chi connectivity index (χ1v) is 12.4. The van der Waals surface area contributed by atoms with Gasteiger partial charge in [0.1, 0.15) is 0 Å². The fourth-order valence-corrected chi connectivity index (χ4v) is 5.45. The number of anilines is 1. The van der Waals surface area contributed by atoms with Gasteiger partial charge < -0.3 is 5.32 Å². The van der Waals surface area contributed by atoms with Gasteiger partial charge in [-0.2, -0.15) is 0 Å². The first-order chi connectivity index (χ1) is 16.3. The van der Waals surface area contributed by atoms with Gasteiger partial charge in [-0.1, -0.05) is 61.0 Å². The molecule has 0 heterocycles. The number of hydrogen-bond donors (Lipinski definition) is 2. The van der Waals surface area contributed by atoms with Gasteiger partial charge in [-0.3, -0.25) is 19.6 Å². The molecule has 1 amide bonds. The largest absolute Gasteiger partial charge is 0.355 e. The van der Waals surface area contributed by atoms with Gasteiger partial charge in [0, 0.05) is 23.7 Å². The Hall–Kier alpha value is -3.72. The van der Waals surface area contributed by atoms with Crippen molar-refractivity contribution in [2.75, 3.05) is 11.3 Å². The van der Waals surface area contributed by atoms with E-state index in [0.717, 1.165) is 30.9 Å². The number of rotatable bonds is 9. The molecular formula is C25H25N3O5S. The summed E-state index contributed by atoms with van der Waals surface area (Å²) in [5, 5.41) is 14.2. The highest BCUT2D eigenvalue weighted by atomic mass is 32.2. The molecule has 0 aromatic heterocycles. The zero-order valence-electron chi connectivity index (χ0n) is 18.4. The van der Waals surface area contributed by atoms with Crippen molar-refractivity contribution >= 4 is 27.3 Å². The number of nitrogens with zero attached hydrogens (tertiary/aromatic N) is 1. The summed E-state index contributed by atoms with van der Waals surface area (Å²) in [4.78, 5) is 22.6. The zero-order valence-corrected chi connectivity index (χ0v) is 19.3. The van der Waals surface area contributed by atoms with Crippen LogP contribution >= 0.6 is 0 Å². The summed E-state index contributed by atoms with van der Waals surface area (Å²) in [5.41, 5.74) is 1.73. The molecule has 4 rings (SSSR count). The molecule has 0 spiro atoms. The minimum atomic E-state index is -4.14. The molecule has 9 heteroatoms. The Morgan fingerprint density at radius 1 is 0.941 bits per heavy atom. The maximum atomic E-state index is 12.6. The lowest BCUT2D eigenvalue weighted by Gasteiger charge is -2.42.